The normalized spacial score (nSPS) is 15.7. The molecule has 0 spiro atoms. The molecule has 0 saturated heterocycles. The second-order valence-electron chi connectivity index (χ2n) is 3.21. The monoisotopic (exact) mass is 214 g/mol. The molecule has 0 unspecified atom stereocenters. The maximum Gasteiger partial charge on any atom is 0.313 e. The van der Waals surface area contributed by atoms with Gasteiger partial charge in [0.25, 0.3) is 0 Å². The van der Waals surface area contributed by atoms with E-state index in [0.29, 0.717) is 23.4 Å². The van der Waals surface area contributed by atoms with Crippen LogP contribution < -0.4 is 0 Å². The molecule has 1 aromatic rings. The Hall–Kier alpha value is -1.04. The van der Waals surface area contributed by atoms with Crippen molar-refractivity contribution in [2.75, 3.05) is 5.75 Å². The SMILES string of the molecule is O=C(O)CSCc1noc(C2CC2)n1. The smallest absolute Gasteiger partial charge is 0.313 e. The summed E-state index contributed by atoms with van der Waals surface area (Å²) in [7, 11) is 0. The summed E-state index contributed by atoms with van der Waals surface area (Å²) >= 11 is 1.28. The lowest BCUT2D eigenvalue weighted by Crippen LogP contribution is -1.98. The van der Waals surface area contributed by atoms with Crippen LogP contribution in [0.25, 0.3) is 0 Å². The maximum absolute atomic E-state index is 10.2. The summed E-state index contributed by atoms with van der Waals surface area (Å²) in [6.45, 7) is 0. The number of carbonyl (C=O) groups is 1. The fourth-order valence-corrected chi connectivity index (χ4v) is 1.63. The molecule has 1 fully saturated rings. The summed E-state index contributed by atoms with van der Waals surface area (Å²) in [6, 6.07) is 0. The molecule has 0 radical (unpaired) electrons. The standard InChI is InChI=1S/C8H10N2O3S/c11-7(12)4-14-3-6-9-8(13-10-6)5-1-2-5/h5H,1-4H2,(H,11,12). The highest BCUT2D eigenvalue weighted by Gasteiger charge is 2.29. The molecule has 0 amide bonds. The molecule has 0 atom stereocenters. The van der Waals surface area contributed by atoms with Gasteiger partial charge in [0.1, 0.15) is 0 Å². The highest BCUT2D eigenvalue weighted by atomic mass is 32.2. The molecule has 6 heteroatoms. The van der Waals surface area contributed by atoms with Gasteiger partial charge in [-0.15, -0.1) is 11.8 Å². The van der Waals surface area contributed by atoms with E-state index in [2.05, 4.69) is 10.1 Å². The Balaban J connectivity index is 1.80. The first-order chi connectivity index (χ1) is 6.75. The van der Waals surface area contributed by atoms with Crippen LogP contribution in [0.15, 0.2) is 4.52 Å². The summed E-state index contributed by atoms with van der Waals surface area (Å²) in [4.78, 5) is 14.4. The first kappa shape index (κ1) is 9.51. The van der Waals surface area contributed by atoms with Crippen LogP contribution in [-0.2, 0) is 10.5 Å². The van der Waals surface area contributed by atoms with E-state index in [-0.39, 0.29) is 5.75 Å². The van der Waals surface area contributed by atoms with Crippen LogP contribution in [0.1, 0.15) is 30.5 Å². The molecule has 0 aromatic carbocycles. The molecule has 0 bridgehead atoms. The Bertz CT molecular complexity index is 335. The topological polar surface area (TPSA) is 76.2 Å². The zero-order valence-corrected chi connectivity index (χ0v) is 8.29. The molecular formula is C8H10N2O3S. The number of nitrogens with zero attached hydrogens (tertiary/aromatic N) is 2. The Morgan fingerprint density at radius 3 is 3.07 bits per heavy atom. The number of hydrogen-bond acceptors (Lipinski definition) is 5. The van der Waals surface area contributed by atoms with Crippen LogP contribution in [0.3, 0.4) is 0 Å². The summed E-state index contributed by atoms with van der Waals surface area (Å²) in [6.07, 6.45) is 2.26. The Morgan fingerprint density at radius 1 is 1.64 bits per heavy atom. The minimum atomic E-state index is -0.819. The third kappa shape index (κ3) is 2.47. The van der Waals surface area contributed by atoms with Crippen molar-refractivity contribution in [1.29, 1.82) is 0 Å². The number of rotatable bonds is 5. The lowest BCUT2D eigenvalue weighted by atomic mass is 10.4. The van der Waals surface area contributed by atoms with Crippen LogP contribution in [0.4, 0.5) is 0 Å². The predicted molar refractivity (Wildman–Crippen MR) is 50.1 cm³/mol. The van der Waals surface area contributed by atoms with Gasteiger partial charge in [0.05, 0.1) is 11.5 Å². The van der Waals surface area contributed by atoms with Gasteiger partial charge in [-0.1, -0.05) is 5.16 Å². The van der Waals surface area contributed by atoms with Gasteiger partial charge in [0, 0.05) is 5.92 Å². The average molecular weight is 214 g/mol. The number of hydrogen-bond donors (Lipinski definition) is 1. The number of carboxylic acid groups (broad SMARTS) is 1. The molecular weight excluding hydrogens is 204 g/mol. The van der Waals surface area contributed by atoms with Crippen molar-refractivity contribution in [3.05, 3.63) is 11.7 Å². The molecule has 1 heterocycles. The quantitative estimate of drug-likeness (QED) is 0.795. The third-order valence-electron chi connectivity index (χ3n) is 1.87. The van der Waals surface area contributed by atoms with E-state index in [9.17, 15) is 4.79 Å². The number of aliphatic carboxylic acids is 1. The highest BCUT2D eigenvalue weighted by Crippen LogP contribution is 2.38. The van der Waals surface area contributed by atoms with Gasteiger partial charge in [-0.2, -0.15) is 4.98 Å². The van der Waals surface area contributed by atoms with Crippen molar-refractivity contribution in [3.8, 4) is 0 Å². The molecule has 5 nitrogen and oxygen atoms in total. The van der Waals surface area contributed by atoms with E-state index >= 15 is 0 Å². The number of carboxylic acids is 1. The van der Waals surface area contributed by atoms with Gasteiger partial charge >= 0.3 is 5.97 Å². The summed E-state index contributed by atoms with van der Waals surface area (Å²) < 4.78 is 5.02. The van der Waals surface area contributed by atoms with Crippen LogP contribution in [-0.4, -0.2) is 27.0 Å². The van der Waals surface area contributed by atoms with Crippen molar-refractivity contribution in [2.45, 2.75) is 24.5 Å². The van der Waals surface area contributed by atoms with E-state index in [1.165, 1.54) is 11.8 Å². The lowest BCUT2D eigenvalue weighted by Gasteiger charge is -1.90. The molecule has 1 aliphatic carbocycles. The lowest BCUT2D eigenvalue weighted by molar-refractivity contribution is -0.133. The molecule has 2 rings (SSSR count). The average Bonchev–Trinajstić information content (AvgIpc) is 2.87. The Labute approximate surface area is 84.9 Å². The van der Waals surface area contributed by atoms with Crippen molar-refractivity contribution in [3.63, 3.8) is 0 Å². The van der Waals surface area contributed by atoms with E-state index in [1.807, 2.05) is 0 Å². The molecule has 1 aliphatic rings. The van der Waals surface area contributed by atoms with Gasteiger partial charge in [-0.3, -0.25) is 4.79 Å². The first-order valence-corrected chi connectivity index (χ1v) is 5.53. The zero-order chi connectivity index (χ0) is 9.97. The minimum absolute atomic E-state index is 0.0767. The fraction of sp³-hybridized carbons (Fsp3) is 0.625. The highest BCUT2D eigenvalue weighted by molar-refractivity contribution is 7.99. The van der Waals surface area contributed by atoms with Crippen molar-refractivity contribution >= 4 is 17.7 Å². The molecule has 1 aromatic heterocycles. The first-order valence-electron chi connectivity index (χ1n) is 4.37. The summed E-state index contributed by atoms with van der Waals surface area (Å²) in [5, 5.41) is 12.2. The van der Waals surface area contributed by atoms with Crippen molar-refractivity contribution in [1.82, 2.24) is 10.1 Å². The number of aromatic nitrogens is 2. The van der Waals surface area contributed by atoms with Gasteiger partial charge in [0.2, 0.25) is 5.89 Å². The molecule has 14 heavy (non-hydrogen) atoms. The van der Waals surface area contributed by atoms with E-state index in [4.69, 9.17) is 9.63 Å². The van der Waals surface area contributed by atoms with Crippen molar-refractivity contribution < 1.29 is 14.4 Å². The summed E-state index contributed by atoms with van der Waals surface area (Å²) in [5.74, 6) is 1.52. The fourth-order valence-electron chi connectivity index (χ4n) is 1.05. The van der Waals surface area contributed by atoms with E-state index in [1.54, 1.807) is 0 Å². The van der Waals surface area contributed by atoms with Gasteiger partial charge in [-0.05, 0) is 12.8 Å². The minimum Gasteiger partial charge on any atom is -0.481 e. The van der Waals surface area contributed by atoms with E-state index < -0.39 is 5.97 Å². The largest absolute Gasteiger partial charge is 0.481 e. The van der Waals surface area contributed by atoms with Crippen molar-refractivity contribution in [2.24, 2.45) is 0 Å². The number of thioether (sulfide) groups is 1. The predicted octanol–water partition coefficient (Wildman–Crippen LogP) is 1.26. The molecule has 1 saturated carbocycles. The zero-order valence-electron chi connectivity index (χ0n) is 7.47. The molecule has 76 valence electrons. The third-order valence-corrected chi connectivity index (χ3v) is 2.78. The second-order valence-corrected chi connectivity index (χ2v) is 4.20. The van der Waals surface area contributed by atoms with Crippen LogP contribution in [0.5, 0.6) is 0 Å². The molecule has 1 N–H and O–H groups in total. The van der Waals surface area contributed by atoms with Crippen LogP contribution in [0, 0.1) is 0 Å². The van der Waals surface area contributed by atoms with Gasteiger partial charge < -0.3 is 9.63 Å². The Morgan fingerprint density at radius 2 is 2.43 bits per heavy atom. The van der Waals surface area contributed by atoms with Crippen LogP contribution in [0.2, 0.25) is 0 Å². The summed E-state index contributed by atoms with van der Waals surface area (Å²) in [5.41, 5.74) is 0. The van der Waals surface area contributed by atoms with Gasteiger partial charge in [-0.25, -0.2) is 0 Å². The van der Waals surface area contributed by atoms with Gasteiger partial charge in [0.15, 0.2) is 5.82 Å². The Kier molecular flexibility index (Phi) is 2.72. The second kappa shape index (κ2) is 4.00. The molecule has 0 aliphatic heterocycles. The van der Waals surface area contributed by atoms with Crippen LogP contribution >= 0.6 is 11.8 Å². The maximum atomic E-state index is 10.2. The van der Waals surface area contributed by atoms with E-state index in [0.717, 1.165) is 12.8 Å².